The van der Waals surface area contributed by atoms with E-state index in [1.807, 2.05) is 0 Å². The van der Waals surface area contributed by atoms with E-state index in [1.165, 1.54) is 13.8 Å². The van der Waals surface area contributed by atoms with Crippen molar-refractivity contribution in [1.29, 1.82) is 0 Å². The van der Waals surface area contributed by atoms with Crippen molar-refractivity contribution in [2.45, 2.75) is 31.4 Å². The van der Waals surface area contributed by atoms with Crippen LogP contribution in [0.25, 0.3) is 0 Å². The van der Waals surface area contributed by atoms with E-state index in [0.717, 1.165) is 0 Å². The van der Waals surface area contributed by atoms with Gasteiger partial charge in [0.25, 0.3) is 0 Å². The SMILES string of the molecule is CC1(C)C(=O)CCCS1(=O)=O. The molecule has 0 atom stereocenters. The van der Waals surface area contributed by atoms with Gasteiger partial charge >= 0.3 is 0 Å². The van der Waals surface area contributed by atoms with Gasteiger partial charge in [-0.15, -0.1) is 0 Å². The molecular weight excluding hydrogens is 164 g/mol. The summed E-state index contributed by atoms with van der Waals surface area (Å²) in [5, 5.41) is 0. The van der Waals surface area contributed by atoms with Crippen molar-refractivity contribution in [2.75, 3.05) is 5.75 Å². The van der Waals surface area contributed by atoms with Crippen LogP contribution in [-0.2, 0) is 14.6 Å². The van der Waals surface area contributed by atoms with Crippen LogP contribution >= 0.6 is 0 Å². The van der Waals surface area contributed by atoms with Gasteiger partial charge in [0.1, 0.15) is 4.75 Å². The number of Topliss-reactive ketones (excluding diaryl/α,β-unsaturated/α-hetero) is 1. The lowest BCUT2D eigenvalue weighted by molar-refractivity contribution is -0.121. The third-order valence-corrected chi connectivity index (χ3v) is 4.87. The van der Waals surface area contributed by atoms with Crippen molar-refractivity contribution in [2.24, 2.45) is 0 Å². The molecule has 4 heteroatoms. The topological polar surface area (TPSA) is 51.2 Å². The van der Waals surface area contributed by atoms with E-state index in [4.69, 9.17) is 0 Å². The Morgan fingerprint density at radius 2 is 1.91 bits per heavy atom. The fourth-order valence-corrected chi connectivity index (χ4v) is 2.64. The van der Waals surface area contributed by atoms with Crippen LogP contribution in [0.3, 0.4) is 0 Å². The molecule has 11 heavy (non-hydrogen) atoms. The summed E-state index contributed by atoms with van der Waals surface area (Å²) in [6.07, 6.45) is 0.900. The number of hydrogen-bond donors (Lipinski definition) is 0. The third kappa shape index (κ3) is 1.20. The van der Waals surface area contributed by atoms with E-state index in [9.17, 15) is 13.2 Å². The minimum atomic E-state index is -3.16. The number of sulfone groups is 1. The van der Waals surface area contributed by atoms with Gasteiger partial charge in [-0.3, -0.25) is 4.79 Å². The first-order chi connectivity index (χ1) is 4.88. The van der Waals surface area contributed by atoms with Gasteiger partial charge in [-0.1, -0.05) is 0 Å². The summed E-state index contributed by atoms with van der Waals surface area (Å²) >= 11 is 0. The lowest BCUT2D eigenvalue weighted by atomic mass is 10.0. The molecular formula is C7H12O3S. The Balaban J connectivity index is 3.12. The second kappa shape index (κ2) is 2.30. The van der Waals surface area contributed by atoms with Gasteiger partial charge in [0.2, 0.25) is 0 Å². The van der Waals surface area contributed by atoms with Crippen LogP contribution in [0, 0.1) is 0 Å². The summed E-state index contributed by atoms with van der Waals surface area (Å²) in [5.41, 5.74) is 0. The summed E-state index contributed by atoms with van der Waals surface area (Å²) < 4.78 is 21.5. The average Bonchev–Trinajstić information content (AvgIpc) is 1.84. The molecule has 0 N–H and O–H groups in total. The monoisotopic (exact) mass is 176 g/mol. The number of hydrogen-bond acceptors (Lipinski definition) is 3. The highest BCUT2D eigenvalue weighted by Crippen LogP contribution is 2.26. The minimum absolute atomic E-state index is 0.149. The number of rotatable bonds is 0. The van der Waals surface area contributed by atoms with E-state index in [-0.39, 0.29) is 11.5 Å². The molecule has 1 aliphatic rings. The molecule has 0 bridgehead atoms. The highest BCUT2D eigenvalue weighted by atomic mass is 32.2. The first kappa shape index (κ1) is 8.71. The lowest BCUT2D eigenvalue weighted by Gasteiger charge is -2.27. The molecule has 0 aliphatic carbocycles. The zero-order valence-corrected chi connectivity index (χ0v) is 7.57. The molecule has 0 saturated carbocycles. The van der Waals surface area contributed by atoms with Gasteiger partial charge in [-0.2, -0.15) is 0 Å². The molecule has 0 unspecified atom stereocenters. The Labute approximate surface area is 66.7 Å². The molecule has 0 amide bonds. The summed E-state index contributed by atoms with van der Waals surface area (Å²) in [6, 6.07) is 0. The fourth-order valence-electron chi connectivity index (χ4n) is 1.15. The Morgan fingerprint density at radius 3 is 2.27 bits per heavy atom. The fraction of sp³-hybridized carbons (Fsp3) is 0.857. The van der Waals surface area contributed by atoms with Crippen LogP contribution in [-0.4, -0.2) is 24.7 Å². The minimum Gasteiger partial charge on any atom is -0.298 e. The molecule has 1 aliphatic heterocycles. The average molecular weight is 176 g/mol. The predicted octanol–water partition coefficient (Wildman–Crippen LogP) is 0.543. The lowest BCUT2D eigenvalue weighted by Crippen LogP contribution is -2.45. The molecule has 1 saturated heterocycles. The molecule has 0 aromatic rings. The largest absolute Gasteiger partial charge is 0.298 e. The number of carbonyl (C=O) groups is 1. The molecule has 0 aromatic heterocycles. The Kier molecular flexibility index (Phi) is 1.82. The summed E-state index contributed by atoms with van der Waals surface area (Å²) in [4.78, 5) is 11.2. The van der Waals surface area contributed by atoms with Gasteiger partial charge in [0.15, 0.2) is 15.6 Å². The van der Waals surface area contributed by atoms with E-state index in [2.05, 4.69) is 0 Å². The van der Waals surface area contributed by atoms with Crippen LogP contribution in [0.1, 0.15) is 26.7 Å². The van der Waals surface area contributed by atoms with Crippen molar-refractivity contribution in [3.63, 3.8) is 0 Å². The molecule has 0 aromatic carbocycles. The Morgan fingerprint density at radius 1 is 1.36 bits per heavy atom. The molecule has 3 nitrogen and oxygen atoms in total. The van der Waals surface area contributed by atoms with Gasteiger partial charge in [0, 0.05) is 6.42 Å². The van der Waals surface area contributed by atoms with Crippen LogP contribution in [0.4, 0.5) is 0 Å². The standard InChI is InChI=1S/C7H12O3S/c1-7(2)6(8)4-3-5-11(7,9)10/h3-5H2,1-2H3. The molecule has 1 rings (SSSR count). The van der Waals surface area contributed by atoms with Crippen molar-refractivity contribution in [1.82, 2.24) is 0 Å². The second-order valence-electron chi connectivity index (χ2n) is 3.36. The summed E-state index contributed by atoms with van der Waals surface area (Å²) in [6.45, 7) is 2.98. The maximum Gasteiger partial charge on any atom is 0.162 e. The third-order valence-electron chi connectivity index (χ3n) is 2.27. The molecule has 64 valence electrons. The summed E-state index contributed by atoms with van der Waals surface area (Å²) in [7, 11) is -3.16. The predicted molar refractivity (Wildman–Crippen MR) is 42.1 cm³/mol. The molecule has 1 heterocycles. The van der Waals surface area contributed by atoms with Gasteiger partial charge in [-0.25, -0.2) is 8.42 Å². The molecule has 1 fully saturated rings. The highest BCUT2D eigenvalue weighted by molar-refractivity contribution is 7.93. The summed E-state index contributed by atoms with van der Waals surface area (Å²) in [5.74, 6) is 0.00917. The van der Waals surface area contributed by atoms with Crippen LogP contribution in [0.2, 0.25) is 0 Å². The zero-order valence-electron chi connectivity index (χ0n) is 6.75. The first-order valence-electron chi connectivity index (χ1n) is 3.63. The smallest absolute Gasteiger partial charge is 0.162 e. The zero-order chi connectivity index (χ0) is 8.70. The van der Waals surface area contributed by atoms with E-state index >= 15 is 0 Å². The first-order valence-corrected chi connectivity index (χ1v) is 5.29. The van der Waals surface area contributed by atoms with E-state index in [1.54, 1.807) is 0 Å². The quantitative estimate of drug-likeness (QED) is 0.541. The van der Waals surface area contributed by atoms with Crippen LogP contribution in [0.15, 0.2) is 0 Å². The Bertz CT molecular complexity index is 274. The number of ketones is 1. The van der Waals surface area contributed by atoms with E-state index < -0.39 is 14.6 Å². The highest BCUT2D eigenvalue weighted by Gasteiger charge is 2.43. The Hall–Kier alpha value is -0.380. The van der Waals surface area contributed by atoms with Crippen LogP contribution in [0.5, 0.6) is 0 Å². The number of carbonyl (C=O) groups excluding carboxylic acids is 1. The molecule has 0 radical (unpaired) electrons. The van der Waals surface area contributed by atoms with Gasteiger partial charge in [-0.05, 0) is 20.3 Å². The van der Waals surface area contributed by atoms with E-state index in [0.29, 0.717) is 12.8 Å². The van der Waals surface area contributed by atoms with Crippen molar-refractivity contribution < 1.29 is 13.2 Å². The normalized spacial score (nSPS) is 28.4. The van der Waals surface area contributed by atoms with Crippen molar-refractivity contribution >= 4 is 15.6 Å². The van der Waals surface area contributed by atoms with Crippen molar-refractivity contribution in [3.8, 4) is 0 Å². The second-order valence-corrected chi connectivity index (χ2v) is 6.01. The molecule has 0 spiro atoms. The maximum atomic E-state index is 11.3. The van der Waals surface area contributed by atoms with Gasteiger partial charge in [0.05, 0.1) is 5.75 Å². The maximum absolute atomic E-state index is 11.3. The van der Waals surface area contributed by atoms with Crippen LogP contribution < -0.4 is 0 Å². The van der Waals surface area contributed by atoms with Gasteiger partial charge < -0.3 is 0 Å². The van der Waals surface area contributed by atoms with Crippen molar-refractivity contribution in [3.05, 3.63) is 0 Å².